The van der Waals surface area contributed by atoms with Crippen LogP contribution in [0.1, 0.15) is 31.7 Å². The van der Waals surface area contributed by atoms with Gasteiger partial charge < -0.3 is 15.3 Å². The second-order valence-electron chi connectivity index (χ2n) is 5.02. The number of rotatable bonds is 7. The third-order valence-electron chi connectivity index (χ3n) is 3.28. The summed E-state index contributed by atoms with van der Waals surface area (Å²) in [6.07, 6.45) is 4.43. The van der Waals surface area contributed by atoms with Gasteiger partial charge in [0.25, 0.3) is 0 Å². The lowest BCUT2D eigenvalue weighted by atomic mass is 10.1. The SMILES string of the molecule is CCCCN(C)C(=NC)NCCCc1ccc(O)cc1. The maximum Gasteiger partial charge on any atom is 0.193 e. The van der Waals surface area contributed by atoms with E-state index in [1.807, 2.05) is 19.2 Å². The average molecular weight is 277 g/mol. The number of phenolic OH excluding ortho intramolecular Hbond substituents is 1. The standard InChI is InChI=1S/C16H27N3O/c1-4-5-13-19(3)16(17-2)18-12-6-7-14-8-10-15(20)11-9-14/h8-11,20H,4-7,12-13H2,1-3H3,(H,17,18). The number of nitrogens with zero attached hydrogens (tertiary/aromatic N) is 2. The maximum atomic E-state index is 9.23. The molecule has 0 saturated heterocycles. The molecule has 0 unspecified atom stereocenters. The normalized spacial score (nSPS) is 11.4. The van der Waals surface area contributed by atoms with Crippen molar-refractivity contribution in [2.75, 3.05) is 27.2 Å². The highest BCUT2D eigenvalue weighted by Crippen LogP contribution is 2.10. The first kappa shape index (κ1) is 16.3. The van der Waals surface area contributed by atoms with Crippen molar-refractivity contribution < 1.29 is 5.11 Å². The fourth-order valence-electron chi connectivity index (χ4n) is 2.04. The molecular formula is C16H27N3O. The molecule has 0 fully saturated rings. The number of guanidine groups is 1. The van der Waals surface area contributed by atoms with Crippen molar-refractivity contribution in [1.82, 2.24) is 10.2 Å². The van der Waals surface area contributed by atoms with E-state index in [9.17, 15) is 5.11 Å². The van der Waals surface area contributed by atoms with Gasteiger partial charge in [-0.2, -0.15) is 0 Å². The third-order valence-corrected chi connectivity index (χ3v) is 3.28. The Balaban J connectivity index is 2.26. The van der Waals surface area contributed by atoms with E-state index in [0.717, 1.165) is 31.9 Å². The van der Waals surface area contributed by atoms with E-state index in [1.165, 1.54) is 18.4 Å². The van der Waals surface area contributed by atoms with E-state index >= 15 is 0 Å². The summed E-state index contributed by atoms with van der Waals surface area (Å²) in [5, 5.41) is 12.6. The molecule has 112 valence electrons. The summed E-state index contributed by atoms with van der Waals surface area (Å²) in [5.41, 5.74) is 1.25. The lowest BCUT2D eigenvalue weighted by molar-refractivity contribution is 0.464. The predicted molar refractivity (Wildman–Crippen MR) is 85.3 cm³/mol. The predicted octanol–water partition coefficient (Wildman–Crippen LogP) is 2.63. The molecule has 2 N–H and O–H groups in total. The van der Waals surface area contributed by atoms with Crippen LogP contribution in [0.3, 0.4) is 0 Å². The second-order valence-corrected chi connectivity index (χ2v) is 5.02. The molecule has 0 saturated carbocycles. The molecule has 1 aromatic rings. The number of hydrogen-bond acceptors (Lipinski definition) is 2. The van der Waals surface area contributed by atoms with Crippen molar-refractivity contribution in [2.45, 2.75) is 32.6 Å². The highest BCUT2D eigenvalue weighted by Gasteiger charge is 2.03. The van der Waals surface area contributed by atoms with Gasteiger partial charge in [-0.25, -0.2) is 0 Å². The Morgan fingerprint density at radius 1 is 1.25 bits per heavy atom. The molecule has 20 heavy (non-hydrogen) atoms. The van der Waals surface area contributed by atoms with Crippen molar-refractivity contribution in [3.05, 3.63) is 29.8 Å². The summed E-state index contributed by atoms with van der Waals surface area (Å²) in [6, 6.07) is 7.41. The highest BCUT2D eigenvalue weighted by atomic mass is 16.3. The molecule has 0 aromatic heterocycles. The van der Waals surface area contributed by atoms with Crippen molar-refractivity contribution >= 4 is 5.96 Å². The molecule has 0 aliphatic rings. The van der Waals surface area contributed by atoms with Crippen LogP contribution < -0.4 is 5.32 Å². The summed E-state index contributed by atoms with van der Waals surface area (Å²) in [5.74, 6) is 1.29. The third kappa shape index (κ3) is 5.95. The average Bonchev–Trinajstić information content (AvgIpc) is 2.46. The number of nitrogens with one attached hydrogen (secondary N) is 1. The zero-order valence-corrected chi connectivity index (χ0v) is 12.9. The Labute approximate surface area is 122 Å². The van der Waals surface area contributed by atoms with E-state index in [2.05, 4.69) is 29.2 Å². The number of hydrogen-bond donors (Lipinski definition) is 2. The van der Waals surface area contributed by atoms with Crippen molar-refractivity contribution in [3.63, 3.8) is 0 Å². The van der Waals surface area contributed by atoms with E-state index in [0.29, 0.717) is 5.75 Å². The Morgan fingerprint density at radius 3 is 2.55 bits per heavy atom. The Morgan fingerprint density at radius 2 is 1.95 bits per heavy atom. The van der Waals surface area contributed by atoms with Gasteiger partial charge in [0, 0.05) is 27.2 Å². The van der Waals surface area contributed by atoms with E-state index < -0.39 is 0 Å². The number of aromatic hydroxyl groups is 1. The van der Waals surface area contributed by atoms with Crippen LogP contribution in [0.2, 0.25) is 0 Å². The highest BCUT2D eigenvalue weighted by molar-refractivity contribution is 5.79. The van der Waals surface area contributed by atoms with Gasteiger partial charge in [0.2, 0.25) is 0 Å². The largest absolute Gasteiger partial charge is 0.508 e. The van der Waals surface area contributed by atoms with Gasteiger partial charge in [0.05, 0.1) is 0 Å². The first-order valence-electron chi connectivity index (χ1n) is 7.37. The van der Waals surface area contributed by atoms with Gasteiger partial charge in [-0.05, 0) is 37.0 Å². The van der Waals surface area contributed by atoms with E-state index in [4.69, 9.17) is 0 Å². The molecule has 0 atom stereocenters. The second kappa shape index (κ2) is 9.23. The van der Waals surface area contributed by atoms with Gasteiger partial charge in [0.15, 0.2) is 5.96 Å². The quantitative estimate of drug-likeness (QED) is 0.457. The molecule has 0 spiro atoms. The lowest BCUT2D eigenvalue weighted by Crippen LogP contribution is -2.39. The molecule has 0 bridgehead atoms. The molecule has 0 amide bonds. The molecule has 0 aliphatic carbocycles. The smallest absolute Gasteiger partial charge is 0.193 e. The minimum absolute atomic E-state index is 0.324. The summed E-state index contributed by atoms with van der Waals surface area (Å²) < 4.78 is 0. The van der Waals surface area contributed by atoms with Gasteiger partial charge in [0.1, 0.15) is 5.75 Å². The summed E-state index contributed by atoms with van der Waals surface area (Å²) >= 11 is 0. The monoisotopic (exact) mass is 277 g/mol. The molecule has 4 heteroatoms. The van der Waals surface area contributed by atoms with Gasteiger partial charge >= 0.3 is 0 Å². The van der Waals surface area contributed by atoms with E-state index in [1.54, 1.807) is 12.1 Å². The molecule has 0 radical (unpaired) electrons. The molecule has 1 rings (SSSR count). The number of benzene rings is 1. The van der Waals surface area contributed by atoms with Crippen LogP contribution in [0.5, 0.6) is 5.75 Å². The summed E-state index contributed by atoms with van der Waals surface area (Å²) in [6.45, 7) is 4.14. The number of aliphatic imine (C=N–C) groups is 1. The Hall–Kier alpha value is -1.71. The summed E-state index contributed by atoms with van der Waals surface area (Å²) in [4.78, 5) is 6.47. The molecule has 0 heterocycles. The fraction of sp³-hybridized carbons (Fsp3) is 0.562. The topological polar surface area (TPSA) is 47.9 Å². The molecule has 1 aromatic carbocycles. The van der Waals surface area contributed by atoms with Gasteiger partial charge in [-0.15, -0.1) is 0 Å². The Bertz CT molecular complexity index is 401. The first-order valence-corrected chi connectivity index (χ1v) is 7.37. The molecule has 0 aliphatic heterocycles. The zero-order chi connectivity index (χ0) is 14.8. The van der Waals surface area contributed by atoms with Crippen LogP contribution in [0.4, 0.5) is 0 Å². The zero-order valence-electron chi connectivity index (χ0n) is 12.9. The van der Waals surface area contributed by atoms with Crippen molar-refractivity contribution in [3.8, 4) is 5.75 Å². The van der Waals surface area contributed by atoms with Crippen LogP contribution in [-0.2, 0) is 6.42 Å². The number of unbranched alkanes of at least 4 members (excludes halogenated alkanes) is 1. The number of aryl methyl sites for hydroxylation is 1. The molecule has 4 nitrogen and oxygen atoms in total. The van der Waals surface area contributed by atoms with Crippen LogP contribution in [0.25, 0.3) is 0 Å². The lowest BCUT2D eigenvalue weighted by Gasteiger charge is -2.21. The van der Waals surface area contributed by atoms with Crippen LogP contribution in [-0.4, -0.2) is 43.2 Å². The van der Waals surface area contributed by atoms with Crippen molar-refractivity contribution in [2.24, 2.45) is 4.99 Å². The van der Waals surface area contributed by atoms with Gasteiger partial charge in [-0.1, -0.05) is 25.5 Å². The fourth-order valence-corrected chi connectivity index (χ4v) is 2.04. The van der Waals surface area contributed by atoms with Crippen LogP contribution >= 0.6 is 0 Å². The van der Waals surface area contributed by atoms with Crippen LogP contribution in [0.15, 0.2) is 29.3 Å². The summed E-state index contributed by atoms with van der Waals surface area (Å²) in [7, 11) is 3.90. The van der Waals surface area contributed by atoms with Crippen molar-refractivity contribution in [1.29, 1.82) is 0 Å². The Kier molecular flexibility index (Phi) is 7.55. The van der Waals surface area contributed by atoms with Crippen LogP contribution in [0, 0.1) is 0 Å². The first-order chi connectivity index (χ1) is 9.67. The maximum absolute atomic E-state index is 9.23. The number of phenols is 1. The molecular weight excluding hydrogens is 250 g/mol. The minimum Gasteiger partial charge on any atom is -0.508 e. The van der Waals surface area contributed by atoms with E-state index in [-0.39, 0.29) is 0 Å². The van der Waals surface area contributed by atoms with Gasteiger partial charge in [-0.3, -0.25) is 4.99 Å². The minimum atomic E-state index is 0.324.